The number of carbonyl (C=O) groups excluding carboxylic acids is 1. The van der Waals surface area contributed by atoms with Crippen molar-refractivity contribution in [3.63, 3.8) is 0 Å². The molecule has 1 aromatic rings. The molecular weight excluding hydrogens is 312 g/mol. The summed E-state index contributed by atoms with van der Waals surface area (Å²) < 4.78 is 5.56. The van der Waals surface area contributed by atoms with E-state index in [-0.39, 0.29) is 5.91 Å². The van der Waals surface area contributed by atoms with Gasteiger partial charge in [-0.15, -0.1) is 0 Å². The molecule has 1 N–H and O–H groups in total. The Hall–Kier alpha value is -1.39. The summed E-state index contributed by atoms with van der Waals surface area (Å²) in [6.45, 7) is 7.48. The molecule has 2 heterocycles. The van der Waals surface area contributed by atoms with E-state index in [4.69, 9.17) is 4.74 Å². The van der Waals surface area contributed by atoms with Crippen LogP contribution in [-0.4, -0.2) is 50.2 Å². The average molecular weight is 344 g/mol. The Morgan fingerprint density at radius 3 is 2.48 bits per heavy atom. The number of aryl methyl sites for hydroxylation is 1. The van der Waals surface area contributed by atoms with Gasteiger partial charge in [0.15, 0.2) is 0 Å². The molecule has 0 aromatic heterocycles. The molecule has 0 radical (unpaired) electrons. The van der Waals surface area contributed by atoms with Crippen LogP contribution in [0.2, 0.25) is 0 Å². The molecule has 0 spiro atoms. The van der Waals surface area contributed by atoms with Gasteiger partial charge in [-0.05, 0) is 56.8 Å². The molecule has 2 saturated heterocycles. The van der Waals surface area contributed by atoms with Crippen LogP contribution in [0.5, 0.6) is 0 Å². The second kappa shape index (κ2) is 8.81. The van der Waals surface area contributed by atoms with Gasteiger partial charge in [0.2, 0.25) is 5.91 Å². The first-order chi connectivity index (χ1) is 12.2. The van der Waals surface area contributed by atoms with Crippen molar-refractivity contribution in [3.8, 4) is 0 Å². The molecule has 0 saturated carbocycles. The minimum absolute atomic E-state index is 0.180. The molecule has 0 unspecified atom stereocenters. The summed E-state index contributed by atoms with van der Waals surface area (Å²) in [5.74, 6) is 0.180. The lowest BCUT2D eigenvalue weighted by Crippen LogP contribution is -2.50. The molecule has 2 aliphatic heterocycles. The second-order valence-electron chi connectivity index (χ2n) is 7.52. The lowest BCUT2D eigenvalue weighted by Gasteiger charge is -2.37. The number of rotatable bonds is 5. The highest BCUT2D eigenvalue weighted by Crippen LogP contribution is 2.36. The molecule has 138 valence electrons. The topological polar surface area (TPSA) is 41.6 Å². The number of nitrogens with zero attached hydrogens (tertiary/aromatic N) is 1. The van der Waals surface area contributed by atoms with Gasteiger partial charge in [-0.3, -0.25) is 4.79 Å². The number of hydrogen-bond donors (Lipinski definition) is 1. The number of hydrogen-bond acceptors (Lipinski definition) is 3. The SMILES string of the molecule is Cc1ccccc1C1(C(=O)NCCN2CCCCCC2)CCOCC1. The van der Waals surface area contributed by atoms with Gasteiger partial charge in [0.25, 0.3) is 0 Å². The van der Waals surface area contributed by atoms with E-state index in [0.29, 0.717) is 13.2 Å². The highest BCUT2D eigenvalue weighted by Gasteiger charge is 2.42. The molecule has 2 fully saturated rings. The van der Waals surface area contributed by atoms with Crippen LogP contribution in [0.3, 0.4) is 0 Å². The minimum Gasteiger partial charge on any atom is -0.381 e. The molecule has 1 amide bonds. The molecule has 4 heteroatoms. The zero-order valence-electron chi connectivity index (χ0n) is 15.6. The Morgan fingerprint density at radius 1 is 1.12 bits per heavy atom. The fourth-order valence-corrected chi connectivity index (χ4v) is 4.30. The Kier molecular flexibility index (Phi) is 6.49. The molecule has 0 aliphatic carbocycles. The minimum atomic E-state index is -0.428. The molecule has 1 aromatic carbocycles. The average Bonchev–Trinajstić information content (AvgIpc) is 2.91. The van der Waals surface area contributed by atoms with Crippen molar-refractivity contribution in [2.75, 3.05) is 39.4 Å². The molecule has 0 bridgehead atoms. The maximum atomic E-state index is 13.2. The van der Waals surface area contributed by atoms with E-state index in [1.165, 1.54) is 49.9 Å². The lowest BCUT2D eigenvalue weighted by molar-refractivity contribution is -0.130. The van der Waals surface area contributed by atoms with Crippen LogP contribution in [0.15, 0.2) is 24.3 Å². The Morgan fingerprint density at radius 2 is 1.80 bits per heavy atom. The number of ether oxygens (including phenoxy) is 1. The van der Waals surface area contributed by atoms with E-state index in [9.17, 15) is 4.79 Å². The maximum Gasteiger partial charge on any atom is 0.230 e. The third kappa shape index (κ3) is 4.42. The third-order valence-corrected chi connectivity index (χ3v) is 5.85. The summed E-state index contributed by atoms with van der Waals surface area (Å²) in [5, 5.41) is 3.25. The van der Waals surface area contributed by atoms with Crippen molar-refractivity contribution >= 4 is 5.91 Å². The lowest BCUT2D eigenvalue weighted by atomic mass is 9.72. The van der Waals surface area contributed by atoms with E-state index < -0.39 is 5.41 Å². The molecule has 2 aliphatic rings. The predicted molar refractivity (Wildman–Crippen MR) is 101 cm³/mol. The summed E-state index contributed by atoms with van der Waals surface area (Å²) in [4.78, 5) is 15.7. The zero-order valence-corrected chi connectivity index (χ0v) is 15.6. The van der Waals surface area contributed by atoms with Crippen molar-refractivity contribution in [3.05, 3.63) is 35.4 Å². The van der Waals surface area contributed by atoms with Gasteiger partial charge >= 0.3 is 0 Å². The van der Waals surface area contributed by atoms with Crippen molar-refractivity contribution in [2.24, 2.45) is 0 Å². The number of benzene rings is 1. The van der Waals surface area contributed by atoms with Crippen LogP contribution in [0, 0.1) is 6.92 Å². The Bertz CT molecular complexity index is 559. The van der Waals surface area contributed by atoms with Crippen molar-refractivity contribution in [1.29, 1.82) is 0 Å². The van der Waals surface area contributed by atoms with Gasteiger partial charge < -0.3 is 15.0 Å². The van der Waals surface area contributed by atoms with E-state index in [2.05, 4.69) is 29.3 Å². The van der Waals surface area contributed by atoms with Crippen LogP contribution in [0.4, 0.5) is 0 Å². The summed E-state index contributed by atoms with van der Waals surface area (Å²) in [7, 11) is 0. The summed E-state index contributed by atoms with van der Waals surface area (Å²) in [5.41, 5.74) is 1.94. The summed E-state index contributed by atoms with van der Waals surface area (Å²) in [6, 6.07) is 8.32. The normalized spacial score (nSPS) is 21.5. The molecule has 3 rings (SSSR count). The van der Waals surface area contributed by atoms with Crippen LogP contribution in [0.25, 0.3) is 0 Å². The van der Waals surface area contributed by atoms with Gasteiger partial charge in [0.1, 0.15) is 0 Å². The van der Waals surface area contributed by atoms with Gasteiger partial charge in [-0.2, -0.15) is 0 Å². The van der Waals surface area contributed by atoms with Crippen molar-refractivity contribution in [2.45, 2.75) is 50.9 Å². The number of carbonyl (C=O) groups is 1. The van der Waals surface area contributed by atoms with Crippen LogP contribution < -0.4 is 5.32 Å². The van der Waals surface area contributed by atoms with Gasteiger partial charge in [0.05, 0.1) is 5.41 Å². The standard InChI is InChI=1S/C21H32N2O2/c1-18-8-4-5-9-19(18)21(10-16-25-17-11-21)20(24)22-12-15-23-13-6-2-3-7-14-23/h4-5,8-9H,2-3,6-7,10-17H2,1H3,(H,22,24). The first-order valence-corrected chi connectivity index (χ1v) is 9.87. The first-order valence-electron chi connectivity index (χ1n) is 9.87. The number of amides is 1. The summed E-state index contributed by atoms with van der Waals surface area (Å²) >= 11 is 0. The van der Waals surface area contributed by atoms with Crippen LogP contribution in [-0.2, 0) is 14.9 Å². The number of nitrogens with one attached hydrogen (secondary N) is 1. The van der Waals surface area contributed by atoms with Crippen LogP contribution in [0.1, 0.15) is 49.7 Å². The first kappa shape index (κ1) is 18.4. The Labute approximate surface area is 151 Å². The van der Waals surface area contributed by atoms with Crippen molar-refractivity contribution in [1.82, 2.24) is 10.2 Å². The van der Waals surface area contributed by atoms with E-state index in [1.54, 1.807) is 0 Å². The highest BCUT2D eigenvalue weighted by atomic mass is 16.5. The summed E-state index contributed by atoms with van der Waals surface area (Å²) in [6.07, 6.45) is 6.82. The smallest absolute Gasteiger partial charge is 0.230 e. The maximum absolute atomic E-state index is 13.2. The van der Waals surface area contributed by atoms with Crippen LogP contribution >= 0.6 is 0 Å². The van der Waals surface area contributed by atoms with E-state index in [1.807, 2.05) is 12.1 Å². The monoisotopic (exact) mass is 344 g/mol. The van der Waals surface area contributed by atoms with Crippen molar-refractivity contribution < 1.29 is 9.53 Å². The largest absolute Gasteiger partial charge is 0.381 e. The van der Waals surface area contributed by atoms with Gasteiger partial charge in [-0.25, -0.2) is 0 Å². The second-order valence-corrected chi connectivity index (χ2v) is 7.52. The van der Waals surface area contributed by atoms with E-state index >= 15 is 0 Å². The zero-order chi connectivity index (χ0) is 17.5. The predicted octanol–water partition coefficient (Wildman–Crippen LogP) is 3.04. The van der Waals surface area contributed by atoms with E-state index in [0.717, 1.165) is 25.9 Å². The molecule has 0 atom stereocenters. The molecule has 4 nitrogen and oxygen atoms in total. The molecule has 25 heavy (non-hydrogen) atoms. The number of likely N-dealkylation sites (tertiary alicyclic amines) is 1. The highest BCUT2D eigenvalue weighted by molar-refractivity contribution is 5.88. The van der Waals surface area contributed by atoms with Gasteiger partial charge in [0, 0.05) is 26.3 Å². The fraction of sp³-hybridized carbons (Fsp3) is 0.667. The fourth-order valence-electron chi connectivity index (χ4n) is 4.30. The van der Waals surface area contributed by atoms with Gasteiger partial charge in [-0.1, -0.05) is 37.1 Å². The quantitative estimate of drug-likeness (QED) is 0.893. The Balaban J connectivity index is 1.65. The third-order valence-electron chi connectivity index (χ3n) is 5.85. The molecular formula is C21H32N2O2.